The number of nitrogens with one attached hydrogen (secondary N) is 2. The zero-order valence-corrected chi connectivity index (χ0v) is 16.4. The molecule has 1 fully saturated rings. The number of hydrogen-bond acceptors (Lipinski definition) is 5. The predicted molar refractivity (Wildman–Crippen MR) is 109 cm³/mol. The van der Waals surface area contributed by atoms with E-state index in [1.54, 1.807) is 29.0 Å². The molecule has 0 spiro atoms. The number of carbonyl (C=O) groups is 1. The lowest BCUT2D eigenvalue weighted by atomic mass is 10.1. The first-order chi connectivity index (χ1) is 14.1. The molecule has 5 rings (SSSR count). The largest absolute Gasteiger partial charge is 0.323 e. The molecule has 146 valence electrons. The van der Waals surface area contributed by atoms with Crippen LogP contribution in [0.1, 0.15) is 24.3 Å². The maximum Gasteiger partial charge on any atom is 0.323 e. The maximum absolute atomic E-state index is 12.6. The van der Waals surface area contributed by atoms with E-state index in [2.05, 4.69) is 30.9 Å². The Morgan fingerprint density at radius 2 is 1.86 bits per heavy atom. The van der Waals surface area contributed by atoms with E-state index in [9.17, 15) is 4.79 Å². The van der Waals surface area contributed by atoms with Crippen LogP contribution in [0.25, 0.3) is 11.3 Å². The fourth-order valence-corrected chi connectivity index (χ4v) is 3.69. The third-order valence-corrected chi connectivity index (χ3v) is 5.18. The van der Waals surface area contributed by atoms with Gasteiger partial charge in [0, 0.05) is 11.8 Å². The number of anilines is 2. The Balaban J connectivity index is 1.38. The second kappa shape index (κ2) is 7.02. The van der Waals surface area contributed by atoms with E-state index in [0.717, 1.165) is 23.9 Å². The first-order valence-electron chi connectivity index (χ1n) is 8.86. The van der Waals surface area contributed by atoms with Crippen molar-refractivity contribution in [3.8, 4) is 5.82 Å². The van der Waals surface area contributed by atoms with Gasteiger partial charge in [-0.25, -0.2) is 14.3 Å². The summed E-state index contributed by atoms with van der Waals surface area (Å²) < 4.78 is 1.73. The minimum atomic E-state index is -0.427. The third kappa shape index (κ3) is 3.39. The normalized spacial score (nSPS) is 13.6. The summed E-state index contributed by atoms with van der Waals surface area (Å²) >= 11 is 12.6. The number of rotatable bonds is 4. The molecule has 0 bridgehead atoms. The molecular weight excluding hydrogens is 415 g/mol. The molecule has 9 nitrogen and oxygen atoms in total. The van der Waals surface area contributed by atoms with Gasteiger partial charge in [-0.2, -0.15) is 15.3 Å². The minimum Gasteiger partial charge on any atom is -0.306 e. The van der Waals surface area contributed by atoms with Crippen LogP contribution in [-0.2, 0) is 0 Å². The summed E-state index contributed by atoms with van der Waals surface area (Å²) in [6, 6.07) is 2.95. The van der Waals surface area contributed by atoms with Crippen molar-refractivity contribution in [2.24, 2.45) is 0 Å². The van der Waals surface area contributed by atoms with Gasteiger partial charge in [0.2, 0.25) is 0 Å². The van der Waals surface area contributed by atoms with Crippen molar-refractivity contribution in [2.45, 2.75) is 18.8 Å². The Bertz CT molecular complexity index is 1220. The van der Waals surface area contributed by atoms with Crippen LogP contribution in [0.5, 0.6) is 0 Å². The quantitative estimate of drug-likeness (QED) is 0.508. The lowest BCUT2D eigenvalue weighted by Gasteiger charge is -2.13. The number of hydrogen-bond donors (Lipinski definition) is 2. The van der Waals surface area contributed by atoms with Gasteiger partial charge in [0.15, 0.2) is 5.82 Å². The van der Waals surface area contributed by atoms with Gasteiger partial charge in [-0.3, -0.25) is 0 Å². The summed E-state index contributed by atoms with van der Waals surface area (Å²) in [6.07, 6.45) is 10.1. The van der Waals surface area contributed by atoms with Gasteiger partial charge in [0.05, 0.1) is 51.7 Å². The lowest BCUT2D eigenvalue weighted by molar-refractivity contribution is 0.262. The molecule has 0 aliphatic heterocycles. The van der Waals surface area contributed by atoms with E-state index in [0.29, 0.717) is 33.2 Å². The van der Waals surface area contributed by atoms with Gasteiger partial charge in [0.25, 0.3) is 0 Å². The lowest BCUT2D eigenvalue weighted by Crippen LogP contribution is -2.21. The van der Waals surface area contributed by atoms with Crippen LogP contribution >= 0.6 is 23.2 Å². The molecule has 2 amide bonds. The van der Waals surface area contributed by atoms with Crippen molar-refractivity contribution in [3.63, 3.8) is 0 Å². The molecule has 4 heterocycles. The zero-order valence-electron chi connectivity index (χ0n) is 14.9. The van der Waals surface area contributed by atoms with Gasteiger partial charge in [-0.15, -0.1) is 4.80 Å². The third-order valence-electron chi connectivity index (χ3n) is 4.60. The number of carbonyl (C=O) groups excluding carboxylic acids is 1. The monoisotopic (exact) mass is 428 g/mol. The highest BCUT2D eigenvalue weighted by Crippen LogP contribution is 2.46. The molecular formula is C18H14Cl2N8O. The Labute approximate surface area is 174 Å². The van der Waals surface area contributed by atoms with Crippen molar-refractivity contribution in [1.29, 1.82) is 0 Å². The van der Waals surface area contributed by atoms with Crippen molar-refractivity contribution >= 4 is 46.1 Å². The van der Waals surface area contributed by atoms with Gasteiger partial charge in [-0.05, 0) is 30.9 Å². The molecule has 0 radical (unpaired) electrons. The summed E-state index contributed by atoms with van der Waals surface area (Å²) in [4.78, 5) is 18.1. The van der Waals surface area contributed by atoms with Crippen molar-refractivity contribution in [3.05, 3.63) is 58.7 Å². The smallest absolute Gasteiger partial charge is 0.306 e. The first kappa shape index (κ1) is 17.9. The number of pyridine rings is 1. The molecule has 0 aromatic carbocycles. The average molecular weight is 429 g/mol. The molecule has 11 heteroatoms. The van der Waals surface area contributed by atoms with E-state index in [-0.39, 0.29) is 0 Å². The number of urea groups is 1. The van der Waals surface area contributed by atoms with Crippen molar-refractivity contribution in [1.82, 2.24) is 29.6 Å². The SMILES string of the molecule is O=C(Nc1cnc(-n2nccn2)c(Cl)c1)Nc1cnn2ccc(Cl)c2c1C1CC1. The zero-order chi connectivity index (χ0) is 20.0. The van der Waals surface area contributed by atoms with E-state index >= 15 is 0 Å². The molecule has 4 aromatic rings. The summed E-state index contributed by atoms with van der Waals surface area (Å²) in [7, 11) is 0. The second-order valence-corrected chi connectivity index (χ2v) is 7.44. The number of fused-ring (bicyclic) bond motifs is 1. The molecule has 1 aliphatic carbocycles. The standard InChI is InChI=1S/C18H14Cl2N8O/c19-12-3-6-27-16(12)15(10-1-2-10)14(9-24-27)26-18(29)25-11-7-13(20)17(21-8-11)28-22-4-5-23-28/h3-10H,1-2H2,(H2,25,26,29). The van der Waals surface area contributed by atoms with E-state index < -0.39 is 6.03 Å². The Morgan fingerprint density at radius 3 is 2.59 bits per heavy atom. The second-order valence-electron chi connectivity index (χ2n) is 6.63. The molecule has 1 saturated carbocycles. The van der Waals surface area contributed by atoms with Crippen LogP contribution in [0.2, 0.25) is 10.0 Å². The summed E-state index contributed by atoms with van der Waals surface area (Å²) in [5.74, 6) is 0.733. The molecule has 29 heavy (non-hydrogen) atoms. The van der Waals surface area contributed by atoms with Crippen LogP contribution in [0.15, 0.2) is 43.1 Å². The van der Waals surface area contributed by atoms with Crippen LogP contribution in [0, 0.1) is 0 Å². The topological polar surface area (TPSA) is 102 Å². The number of nitrogens with zero attached hydrogens (tertiary/aromatic N) is 6. The van der Waals surface area contributed by atoms with E-state index in [1.807, 2.05) is 0 Å². The number of halogens is 2. The van der Waals surface area contributed by atoms with Crippen LogP contribution in [0.3, 0.4) is 0 Å². The van der Waals surface area contributed by atoms with Crippen LogP contribution in [-0.4, -0.2) is 35.6 Å². The van der Waals surface area contributed by atoms with E-state index in [4.69, 9.17) is 23.2 Å². The molecule has 0 saturated heterocycles. The summed E-state index contributed by atoms with van der Waals surface area (Å²) in [6.45, 7) is 0. The average Bonchev–Trinajstić information content (AvgIpc) is 3.25. The predicted octanol–water partition coefficient (Wildman–Crippen LogP) is 4.14. The molecule has 2 N–H and O–H groups in total. The van der Waals surface area contributed by atoms with Crippen molar-refractivity contribution in [2.75, 3.05) is 10.6 Å². The minimum absolute atomic E-state index is 0.306. The summed E-state index contributed by atoms with van der Waals surface area (Å²) in [5, 5.41) is 18.8. The van der Waals surface area contributed by atoms with Crippen molar-refractivity contribution < 1.29 is 4.79 Å². The molecule has 1 aliphatic rings. The van der Waals surface area contributed by atoms with Crippen LogP contribution in [0.4, 0.5) is 16.2 Å². The highest BCUT2D eigenvalue weighted by atomic mass is 35.5. The molecule has 0 unspecified atom stereocenters. The van der Waals surface area contributed by atoms with Gasteiger partial charge in [0.1, 0.15) is 0 Å². The van der Waals surface area contributed by atoms with Crippen LogP contribution < -0.4 is 10.6 Å². The Hall–Kier alpha value is -3.17. The highest BCUT2D eigenvalue weighted by molar-refractivity contribution is 6.34. The first-order valence-corrected chi connectivity index (χ1v) is 9.62. The summed E-state index contributed by atoms with van der Waals surface area (Å²) in [5.41, 5.74) is 2.90. The van der Waals surface area contributed by atoms with Gasteiger partial charge >= 0.3 is 6.03 Å². The fraction of sp³-hybridized carbons (Fsp3) is 0.167. The number of aromatic nitrogens is 6. The Kier molecular flexibility index (Phi) is 4.33. The molecule has 0 atom stereocenters. The maximum atomic E-state index is 12.6. The number of amides is 2. The van der Waals surface area contributed by atoms with E-state index in [1.165, 1.54) is 23.4 Å². The van der Waals surface area contributed by atoms with Gasteiger partial charge in [-0.1, -0.05) is 23.2 Å². The van der Waals surface area contributed by atoms with Gasteiger partial charge < -0.3 is 10.6 Å². The highest BCUT2D eigenvalue weighted by Gasteiger charge is 2.30. The molecule has 4 aromatic heterocycles. The Morgan fingerprint density at radius 1 is 1.07 bits per heavy atom. The fourth-order valence-electron chi connectivity index (χ4n) is 3.21.